The first-order valence-corrected chi connectivity index (χ1v) is 8.35. The first kappa shape index (κ1) is 13.8. The maximum Gasteiger partial charge on any atom is 0.263 e. The van der Waals surface area contributed by atoms with E-state index in [2.05, 4.69) is 14.7 Å². The van der Waals surface area contributed by atoms with Gasteiger partial charge in [0, 0.05) is 6.20 Å². The van der Waals surface area contributed by atoms with E-state index in [4.69, 9.17) is 5.73 Å². The summed E-state index contributed by atoms with van der Waals surface area (Å²) in [6.07, 6.45) is 1.23. The lowest BCUT2D eigenvalue weighted by Gasteiger charge is -2.07. The lowest BCUT2D eigenvalue weighted by molar-refractivity contribution is 0.601. The molecule has 2 heterocycles. The maximum atomic E-state index is 12.3. The highest BCUT2D eigenvalue weighted by Crippen LogP contribution is 2.26. The minimum absolute atomic E-state index is 0.0669. The van der Waals surface area contributed by atoms with Crippen molar-refractivity contribution in [1.82, 2.24) is 9.97 Å². The summed E-state index contributed by atoms with van der Waals surface area (Å²) in [4.78, 5) is 8.19. The summed E-state index contributed by atoms with van der Waals surface area (Å²) in [5.41, 5.74) is 6.80. The lowest BCUT2D eigenvalue weighted by atomic mass is 10.3. The second-order valence-corrected chi connectivity index (χ2v) is 7.36. The number of pyridine rings is 1. The maximum absolute atomic E-state index is 12.3. The molecular formula is C13H12N4O2S2. The van der Waals surface area contributed by atoms with Crippen LogP contribution in [0.3, 0.4) is 0 Å². The number of nitrogens with zero attached hydrogens (tertiary/aromatic N) is 2. The Morgan fingerprint density at radius 2 is 2.05 bits per heavy atom. The van der Waals surface area contributed by atoms with E-state index in [1.54, 1.807) is 18.2 Å². The second-order valence-electron chi connectivity index (χ2n) is 4.44. The largest absolute Gasteiger partial charge is 0.384 e. The van der Waals surface area contributed by atoms with Gasteiger partial charge in [0.25, 0.3) is 10.0 Å². The van der Waals surface area contributed by atoms with Gasteiger partial charge in [-0.15, -0.1) is 11.3 Å². The number of rotatable bonds is 3. The van der Waals surface area contributed by atoms with Crippen LogP contribution in [-0.2, 0) is 10.0 Å². The number of aromatic nitrogens is 2. The molecule has 0 aliphatic carbocycles. The summed E-state index contributed by atoms with van der Waals surface area (Å²) in [6, 6.07) is 8.11. The van der Waals surface area contributed by atoms with Gasteiger partial charge in [0.05, 0.1) is 20.9 Å². The molecule has 3 aromatic rings. The molecule has 0 radical (unpaired) electrons. The molecule has 0 saturated carbocycles. The smallest absolute Gasteiger partial charge is 0.263 e. The third kappa shape index (κ3) is 2.81. The van der Waals surface area contributed by atoms with Crippen LogP contribution in [0, 0.1) is 6.92 Å². The van der Waals surface area contributed by atoms with Crippen molar-refractivity contribution in [3.63, 3.8) is 0 Å². The van der Waals surface area contributed by atoms with Crippen molar-refractivity contribution in [2.45, 2.75) is 11.8 Å². The van der Waals surface area contributed by atoms with Gasteiger partial charge in [-0.1, -0.05) is 0 Å². The molecule has 0 aliphatic rings. The van der Waals surface area contributed by atoms with Crippen LogP contribution in [0.4, 0.5) is 11.5 Å². The van der Waals surface area contributed by atoms with Crippen LogP contribution in [0.1, 0.15) is 5.01 Å². The van der Waals surface area contributed by atoms with Crippen molar-refractivity contribution in [2.24, 2.45) is 0 Å². The molecule has 8 heteroatoms. The highest BCUT2D eigenvalue weighted by atomic mass is 32.2. The number of nitrogen functional groups attached to an aromatic ring is 1. The van der Waals surface area contributed by atoms with Gasteiger partial charge in [-0.2, -0.15) is 0 Å². The van der Waals surface area contributed by atoms with Crippen LogP contribution in [0.15, 0.2) is 41.4 Å². The lowest BCUT2D eigenvalue weighted by Crippen LogP contribution is -2.13. The van der Waals surface area contributed by atoms with Crippen LogP contribution >= 0.6 is 11.3 Å². The number of fused-ring (bicyclic) bond motifs is 1. The van der Waals surface area contributed by atoms with Crippen molar-refractivity contribution in [3.05, 3.63) is 41.5 Å². The molecule has 2 aromatic heterocycles. The average Bonchev–Trinajstić information content (AvgIpc) is 2.78. The molecule has 3 N–H and O–H groups in total. The Kier molecular flexibility index (Phi) is 3.26. The Morgan fingerprint density at radius 3 is 2.76 bits per heavy atom. The molecule has 6 nitrogen and oxygen atoms in total. The summed E-state index contributed by atoms with van der Waals surface area (Å²) in [6.45, 7) is 1.91. The van der Waals surface area contributed by atoms with Gasteiger partial charge in [-0.3, -0.25) is 4.72 Å². The molecule has 108 valence electrons. The second kappa shape index (κ2) is 4.97. The standard InChI is InChI=1S/C13H12N4O2S2/c1-8-16-11-4-2-9(6-12(11)20-8)17-21(18,19)10-3-5-13(14)15-7-10/h2-7,17H,1H3,(H2,14,15). The van der Waals surface area contributed by atoms with E-state index in [1.165, 1.54) is 29.7 Å². The van der Waals surface area contributed by atoms with E-state index in [9.17, 15) is 8.42 Å². The van der Waals surface area contributed by atoms with E-state index in [1.807, 2.05) is 6.92 Å². The predicted octanol–water partition coefficient (Wildman–Crippen LogP) is 2.38. The molecule has 21 heavy (non-hydrogen) atoms. The van der Waals surface area contributed by atoms with E-state index in [0.29, 0.717) is 5.69 Å². The molecule has 0 fully saturated rings. The van der Waals surface area contributed by atoms with Gasteiger partial charge in [-0.25, -0.2) is 18.4 Å². The molecule has 0 unspecified atom stereocenters. The van der Waals surface area contributed by atoms with Gasteiger partial charge < -0.3 is 5.73 Å². The van der Waals surface area contributed by atoms with E-state index < -0.39 is 10.0 Å². The zero-order valence-electron chi connectivity index (χ0n) is 11.1. The zero-order chi connectivity index (χ0) is 15.0. The SMILES string of the molecule is Cc1nc2ccc(NS(=O)(=O)c3ccc(N)nc3)cc2s1. The quantitative estimate of drug-likeness (QED) is 0.772. The van der Waals surface area contributed by atoms with Crippen LogP contribution in [0.2, 0.25) is 0 Å². The van der Waals surface area contributed by atoms with Gasteiger partial charge >= 0.3 is 0 Å². The minimum Gasteiger partial charge on any atom is -0.384 e. The molecule has 0 atom stereocenters. The monoisotopic (exact) mass is 320 g/mol. The molecule has 0 aliphatic heterocycles. The van der Waals surface area contributed by atoms with Crippen molar-refractivity contribution in [1.29, 1.82) is 0 Å². The molecule has 1 aromatic carbocycles. The Bertz CT molecular complexity index is 902. The number of sulfonamides is 1. The fourth-order valence-electron chi connectivity index (χ4n) is 1.87. The van der Waals surface area contributed by atoms with Gasteiger partial charge in [0.15, 0.2) is 0 Å². The number of aryl methyl sites for hydroxylation is 1. The summed E-state index contributed by atoms with van der Waals surface area (Å²) >= 11 is 1.52. The summed E-state index contributed by atoms with van der Waals surface area (Å²) in [7, 11) is -3.68. The van der Waals surface area contributed by atoms with Crippen molar-refractivity contribution in [3.8, 4) is 0 Å². The first-order chi connectivity index (χ1) is 9.94. The topological polar surface area (TPSA) is 98.0 Å². The molecule has 0 saturated heterocycles. The highest BCUT2D eigenvalue weighted by Gasteiger charge is 2.15. The molecule has 0 spiro atoms. The van der Waals surface area contributed by atoms with Gasteiger partial charge in [-0.05, 0) is 37.3 Å². The average molecular weight is 320 g/mol. The summed E-state index contributed by atoms with van der Waals surface area (Å²) in [5.74, 6) is 0.274. The normalized spacial score (nSPS) is 11.7. The summed E-state index contributed by atoms with van der Waals surface area (Å²) < 4.78 is 28.0. The number of nitrogens with one attached hydrogen (secondary N) is 1. The van der Waals surface area contributed by atoms with Crippen molar-refractivity contribution < 1.29 is 8.42 Å². The number of nitrogens with two attached hydrogens (primary N) is 1. The highest BCUT2D eigenvalue weighted by molar-refractivity contribution is 7.92. The number of thiazole rings is 1. The van der Waals surface area contributed by atoms with Crippen molar-refractivity contribution in [2.75, 3.05) is 10.5 Å². The molecule has 0 bridgehead atoms. The number of hydrogen-bond acceptors (Lipinski definition) is 6. The third-order valence-corrected chi connectivity index (χ3v) is 5.12. The van der Waals surface area contributed by atoms with Crippen LogP contribution in [0.5, 0.6) is 0 Å². The van der Waals surface area contributed by atoms with E-state index in [0.717, 1.165) is 15.2 Å². The van der Waals surface area contributed by atoms with Crippen LogP contribution < -0.4 is 10.5 Å². The van der Waals surface area contributed by atoms with Crippen molar-refractivity contribution >= 4 is 43.1 Å². The molecule has 3 rings (SSSR count). The van der Waals surface area contributed by atoms with Gasteiger partial charge in [0.2, 0.25) is 0 Å². The van der Waals surface area contributed by atoms with E-state index in [-0.39, 0.29) is 10.7 Å². The third-order valence-electron chi connectivity index (χ3n) is 2.82. The number of anilines is 2. The van der Waals surface area contributed by atoms with E-state index >= 15 is 0 Å². The first-order valence-electron chi connectivity index (χ1n) is 6.05. The molecule has 0 amide bonds. The minimum atomic E-state index is -3.68. The number of benzene rings is 1. The Hall–Kier alpha value is -2.19. The van der Waals surface area contributed by atoms with Crippen LogP contribution in [-0.4, -0.2) is 18.4 Å². The van der Waals surface area contributed by atoms with Gasteiger partial charge in [0.1, 0.15) is 10.7 Å². The Labute approximate surface area is 125 Å². The number of hydrogen-bond donors (Lipinski definition) is 2. The Balaban J connectivity index is 1.94. The zero-order valence-corrected chi connectivity index (χ0v) is 12.7. The fourth-order valence-corrected chi connectivity index (χ4v) is 3.73. The molecular weight excluding hydrogens is 308 g/mol. The Morgan fingerprint density at radius 1 is 1.24 bits per heavy atom. The van der Waals surface area contributed by atoms with Crippen LogP contribution in [0.25, 0.3) is 10.2 Å². The predicted molar refractivity (Wildman–Crippen MR) is 83.8 cm³/mol. The summed E-state index contributed by atoms with van der Waals surface area (Å²) in [5, 5.41) is 0.938. The fraction of sp³-hybridized carbons (Fsp3) is 0.0769.